The molecule has 1 heterocycles. The Balaban J connectivity index is 1.93. The van der Waals surface area contributed by atoms with E-state index >= 15 is 0 Å². The van der Waals surface area contributed by atoms with E-state index in [2.05, 4.69) is 10.2 Å². The van der Waals surface area contributed by atoms with Gasteiger partial charge >= 0.3 is 0 Å². The Labute approximate surface area is 96.3 Å². The monoisotopic (exact) mass is 230 g/mol. The van der Waals surface area contributed by atoms with E-state index < -0.39 is 11.9 Å². The topological polar surface area (TPSA) is 93.6 Å². The van der Waals surface area contributed by atoms with Gasteiger partial charge in [0, 0.05) is 19.6 Å². The molecule has 0 bridgehead atoms. The minimum atomic E-state index is -0.580. The van der Waals surface area contributed by atoms with Gasteiger partial charge < -0.3 is 21.5 Å². The molecule has 0 radical (unpaired) electrons. The van der Waals surface area contributed by atoms with E-state index in [4.69, 9.17) is 16.2 Å². The van der Waals surface area contributed by atoms with Gasteiger partial charge in [-0.15, -0.1) is 0 Å². The average Bonchev–Trinajstić information content (AvgIpc) is 2.29. The van der Waals surface area contributed by atoms with Crippen molar-refractivity contribution in [2.75, 3.05) is 45.9 Å². The molecule has 94 valence electrons. The summed E-state index contributed by atoms with van der Waals surface area (Å²) in [6, 6.07) is -0.580. The highest BCUT2D eigenvalue weighted by Crippen LogP contribution is 1.97. The molecule has 1 aliphatic heterocycles. The van der Waals surface area contributed by atoms with Gasteiger partial charge in [0.15, 0.2) is 0 Å². The molecule has 0 saturated carbocycles. The van der Waals surface area contributed by atoms with E-state index in [1.165, 1.54) is 0 Å². The number of hydrogen-bond donors (Lipinski definition) is 3. The van der Waals surface area contributed by atoms with E-state index in [-0.39, 0.29) is 0 Å². The van der Waals surface area contributed by atoms with Crippen LogP contribution in [0.4, 0.5) is 0 Å². The smallest absolute Gasteiger partial charge is 0.235 e. The van der Waals surface area contributed by atoms with Gasteiger partial charge in [-0.1, -0.05) is 0 Å². The van der Waals surface area contributed by atoms with Crippen molar-refractivity contribution in [3.8, 4) is 0 Å². The van der Waals surface area contributed by atoms with Crippen LogP contribution in [0.3, 0.4) is 0 Å². The number of carbonyl (C=O) groups excluding carboxylic acids is 1. The number of ether oxygens (including phenoxy) is 1. The first-order valence-electron chi connectivity index (χ1n) is 5.76. The molecular formula is C10H22N4O2. The van der Waals surface area contributed by atoms with Crippen molar-refractivity contribution in [1.82, 2.24) is 10.2 Å². The first-order valence-corrected chi connectivity index (χ1v) is 5.76. The second kappa shape index (κ2) is 7.56. The quantitative estimate of drug-likeness (QED) is 0.445. The number of morpholine rings is 1. The fraction of sp³-hybridized carbons (Fsp3) is 0.900. The van der Waals surface area contributed by atoms with E-state index in [9.17, 15) is 4.79 Å². The van der Waals surface area contributed by atoms with Crippen molar-refractivity contribution < 1.29 is 9.53 Å². The standard InChI is InChI=1S/C10H22N4O2/c11-9(10(12)15)8-13-2-1-3-14-4-6-16-7-5-14/h9,13H,1-8,11H2,(H2,12,15). The Morgan fingerprint density at radius 2 is 2.12 bits per heavy atom. The molecule has 1 aliphatic rings. The molecule has 1 saturated heterocycles. The molecule has 0 spiro atoms. The number of hydrogen-bond acceptors (Lipinski definition) is 5. The van der Waals surface area contributed by atoms with Crippen molar-refractivity contribution in [1.29, 1.82) is 0 Å². The van der Waals surface area contributed by atoms with Crippen LogP contribution in [0.15, 0.2) is 0 Å². The van der Waals surface area contributed by atoms with Crippen LogP contribution in [0, 0.1) is 0 Å². The fourth-order valence-corrected chi connectivity index (χ4v) is 1.61. The SMILES string of the molecule is NC(=O)C(N)CNCCCN1CCOCC1. The molecular weight excluding hydrogens is 208 g/mol. The Bertz CT molecular complexity index is 207. The van der Waals surface area contributed by atoms with Crippen molar-refractivity contribution in [2.45, 2.75) is 12.5 Å². The molecule has 0 aromatic heterocycles. The lowest BCUT2D eigenvalue weighted by atomic mass is 10.3. The molecule has 1 amide bonds. The van der Waals surface area contributed by atoms with Gasteiger partial charge in [0.2, 0.25) is 5.91 Å². The molecule has 1 rings (SSSR count). The Hall–Kier alpha value is -0.690. The summed E-state index contributed by atoms with van der Waals surface area (Å²) >= 11 is 0. The van der Waals surface area contributed by atoms with Crippen LogP contribution in [0.2, 0.25) is 0 Å². The second-order valence-electron chi connectivity index (χ2n) is 4.02. The summed E-state index contributed by atoms with van der Waals surface area (Å²) in [5.41, 5.74) is 10.5. The third-order valence-electron chi connectivity index (χ3n) is 2.66. The Kier molecular flexibility index (Phi) is 6.32. The molecule has 1 atom stereocenters. The summed E-state index contributed by atoms with van der Waals surface area (Å²) in [4.78, 5) is 13.0. The third kappa shape index (κ3) is 5.41. The number of rotatable bonds is 7. The number of nitrogens with zero attached hydrogens (tertiary/aromatic N) is 1. The van der Waals surface area contributed by atoms with Gasteiger partial charge in [0.25, 0.3) is 0 Å². The predicted octanol–water partition coefficient (Wildman–Crippen LogP) is -1.89. The Morgan fingerprint density at radius 1 is 1.44 bits per heavy atom. The first-order chi connectivity index (χ1) is 7.70. The lowest BCUT2D eigenvalue weighted by molar-refractivity contribution is -0.119. The van der Waals surface area contributed by atoms with Crippen molar-refractivity contribution in [3.05, 3.63) is 0 Å². The highest BCUT2D eigenvalue weighted by atomic mass is 16.5. The van der Waals surface area contributed by atoms with E-state index in [0.29, 0.717) is 6.54 Å². The van der Waals surface area contributed by atoms with Gasteiger partial charge in [-0.3, -0.25) is 9.69 Å². The van der Waals surface area contributed by atoms with Gasteiger partial charge in [0.1, 0.15) is 0 Å². The van der Waals surface area contributed by atoms with Crippen LogP contribution in [0.5, 0.6) is 0 Å². The first kappa shape index (κ1) is 13.4. The number of nitrogens with one attached hydrogen (secondary N) is 1. The molecule has 16 heavy (non-hydrogen) atoms. The summed E-state index contributed by atoms with van der Waals surface area (Å²) in [5, 5.41) is 3.12. The van der Waals surface area contributed by atoms with Gasteiger partial charge in [-0.05, 0) is 19.5 Å². The molecule has 5 N–H and O–H groups in total. The predicted molar refractivity (Wildman–Crippen MR) is 61.9 cm³/mol. The lowest BCUT2D eigenvalue weighted by Crippen LogP contribution is -2.45. The zero-order valence-corrected chi connectivity index (χ0v) is 9.65. The van der Waals surface area contributed by atoms with Crippen LogP contribution in [0.1, 0.15) is 6.42 Å². The largest absolute Gasteiger partial charge is 0.379 e. The van der Waals surface area contributed by atoms with Crippen LogP contribution >= 0.6 is 0 Å². The van der Waals surface area contributed by atoms with Crippen LogP contribution in [-0.4, -0.2) is 62.8 Å². The normalized spacial score (nSPS) is 19.6. The molecule has 6 heteroatoms. The Morgan fingerprint density at radius 3 is 2.75 bits per heavy atom. The number of carbonyl (C=O) groups is 1. The summed E-state index contributed by atoms with van der Waals surface area (Å²) in [6.07, 6.45) is 1.05. The third-order valence-corrected chi connectivity index (χ3v) is 2.66. The average molecular weight is 230 g/mol. The van der Waals surface area contributed by atoms with Crippen molar-refractivity contribution in [3.63, 3.8) is 0 Å². The van der Waals surface area contributed by atoms with E-state index in [1.54, 1.807) is 0 Å². The van der Waals surface area contributed by atoms with Gasteiger partial charge in [0.05, 0.1) is 19.3 Å². The molecule has 0 aliphatic carbocycles. The molecule has 1 unspecified atom stereocenters. The lowest BCUT2D eigenvalue weighted by Gasteiger charge is -2.26. The number of amides is 1. The summed E-state index contributed by atoms with van der Waals surface area (Å²) in [5.74, 6) is -0.458. The summed E-state index contributed by atoms with van der Waals surface area (Å²) < 4.78 is 5.26. The zero-order chi connectivity index (χ0) is 11.8. The summed E-state index contributed by atoms with van der Waals surface area (Å²) in [7, 11) is 0. The maximum Gasteiger partial charge on any atom is 0.235 e. The number of primary amides is 1. The summed E-state index contributed by atoms with van der Waals surface area (Å²) in [6.45, 7) is 6.07. The fourth-order valence-electron chi connectivity index (χ4n) is 1.61. The molecule has 1 fully saturated rings. The van der Waals surface area contributed by atoms with Crippen LogP contribution in [0.25, 0.3) is 0 Å². The van der Waals surface area contributed by atoms with E-state index in [0.717, 1.165) is 45.8 Å². The minimum absolute atomic E-state index is 0.457. The minimum Gasteiger partial charge on any atom is -0.379 e. The maximum absolute atomic E-state index is 10.6. The zero-order valence-electron chi connectivity index (χ0n) is 9.65. The van der Waals surface area contributed by atoms with Gasteiger partial charge in [-0.2, -0.15) is 0 Å². The van der Waals surface area contributed by atoms with Gasteiger partial charge in [-0.25, -0.2) is 0 Å². The van der Waals surface area contributed by atoms with Crippen LogP contribution in [-0.2, 0) is 9.53 Å². The maximum atomic E-state index is 10.6. The number of nitrogens with two attached hydrogens (primary N) is 2. The molecule has 0 aromatic rings. The van der Waals surface area contributed by atoms with Crippen molar-refractivity contribution >= 4 is 5.91 Å². The molecule has 0 aromatic carbocycles. The van der Waals surface area contributed by atoms with Crippen molar-refractivity contribution in [2.24, 2.45) is 11.5 Å². The second-order valence-corrected chi connectivity index (χ2v) is 4.02. The van der Waals surface area contributed by atoms with E-state index in [1.807, 2.05) is 0 Å². The highest BCUT2D eigenvalue weighted by molar-refractivity contribution is 5.79. The van der Waals surface area contributed by atoms with Crippen LogP contribution < -0.4 is 16.8 Å². The molecule has 6 nitrogen and oxygen atoms in total. The highest BCUT2D eigenvalue weighted by Gasteiger charge is 2.10.